The number of hydrogen-bond acceptors (Lipinski definition) is 2. The molecular weight excluding hydrogens is 279 g/mol. The fourth-order valence-electron chi connectivity index (χ4n) is 0.862. The number of benzene rings is 1. The average Bonchev–Trinajstić information content (AvgIpc) is 2.16. The lowest BCUT2D eigenvalue weighted by Gasteiger charge is -2.04. The first-order chi connectivity index (χ1) is 6.27. The molecule has 66 valence electrons. The maximum Gasteiger partial charge on any atom is 0.153 e. The maximum absolute atomic E-state index is 10.6. The van der Waals surface area contributed by atoms with Crippen LogP contribution in [-0.4, -0.2) is 12.9 Å². The summed E-state index contributed by atoms with van der Waals surface area (Å²) in [5.41, 5.74) is 0.530. The summed E-state index contributed by atoms with van der Waals surface area (Å²) in [6.45, 7) is 0.182. The maximum atomic E-state index is 10.6. The lowest BCUT2D eigenvalue weighted by Crippen LogP contribution is -1.97. The summed E-state index contributed by atoms with van der Waals surface area (Å²) in [7, 11) is 0. The number of carbonyl (C=O) groups excluding carboxylic acids is 1. The number of hydrogen-bond donors (Lipinski definition) is 0. The second-order valence-electron chi connectivity index (χ2n) is 2.29. The van der Waals surface area contributed by atoms with Gasteiger partial charge in [0, 0.05) is 3.57 Å². The van der Waals surface area contributed by atoms with Crippen molar-refractivity contribution in [2.24, 2.45) is 0 Å². The summed E-state index contributed by atoms with van der Waals surface area (Å²) in [5, 5.41) is 0. The first-order valence-electron chi connectivity index (χ1n) is 3.59. The van der Waals surface area contributed by atoms with Crippen LogP contribution in [0.25, 0.3) is 0 Å². The van der Waals surface area contributed by atoms with E-state index in [1.807, 2.05) is 6.07 Å². The molecule has 0 aliphatic rings. The molecule has 1 aromatic rings. The molecule has 0 unspecified atom stereocenters. The van der Waals surface area contributed by atoms with Crippen LogP contribution in [0.3, 0.4) is 0 Å². The fourth-order valence-corrected chi connectivity index (χ4v) is 1.38. The van der Waals surface area contributed by atoms with Gasteiger partial charge in [-0.25, -0.2) is 0 Å². The van der Waals surface area contributed by atoms with Crippen molar-refractivity contribution in [1.29, 1.82) is 0 Å². The third-order valence-corrected chi connectivity index (χ3v) is 2.08. The normalized spacial score (nSPS) is 8.92. The van der Waals surface area contributed by atoms with E-state index in [-0.39, 0.29) is 6.61 Å². The second kappa shape index (κ2) is 4.87. The minimum Gasteiger partial charge on any atom is -0.480 e. The first kappa shape index (κ1) is 10.1. The number of halogens is 1. The minimum absolute atomic E-state index is 0.182. The number of ether oxygens (including phenoxy) is 1. The van der Waals surface area contributed by atoms with Gasteiger partial charge >= 0.3 is 0 Å². The minimum atomic E-state index is 0.182. The summed E-state index contributed by atoms with van der Waals surface area (Å²) in [6, 6.07) is 5.35. The van der Waals surface area contributed by atoms with Gasteiger partial charge in [-0.1, -0.05) is 5.92 Å². The van der Waals surface area contributed by atoms with Crippen molar-refractivity contribution in [3.63, 3.8) is 0 Å². The predicted molar refractivity (Wildman–Crippen MR) is 58.9 cm³/mol. The van der Waals surface area contributed by atoms with Crippen LogP contribution in [-0.2, 0) is 0 Å². The van der Waals surface area contributed by atoms with Gasteiger partial charge in [-0.3, -0.25) is 4.79 Å². The van der Waals surface area contributed by atoms with Crippen molar-refractivity contribution in [1.82, 2.24) is 0 Å². The molecule has 0 fully saturated rings. The zero-order valence-electron chi connectivity index (χ0n) is 6.79. The molecule has 0 bridgehead atoms. The van der Waals surface area contributed by atoms with Crippen molar-refractivity contribution in [3.8, 4) is 18.1 Å². The molecule has 0 atom stereocenters. The Morgan fingerprint density at radius 2 is 2.38 bits per heavy atom. The zero-order chi connectivity index (χ0) is 9.68. The van der Waals surface area contributed by atoms with Gasteiger partial charge in [-0.05, 0) is 40.8 Å². The van der Waals surface area contributed by atoms with Crippen molar-refractivity contribution in [2.45, 2.75) is 0 Å². The van der Waals surface area contributed by atoms with E-state index in [0.717, 1.165) is 9.86 Å². The summed E-state index contributed by atoms with van der Waals surface area (Å²) in [5.74, 6) is 2.88. The van der Waals surface area contributed by atoms with Crippen molar-refractivity contribution < 1.29 is 9.53 Å². The van der Waals surface area contributed by atoms with Gasteiger partial charge in [0.2, 0.25) is 0 Å². The molecule has 0 saturated heterocycles. The molecule has 13 heavy (non-hydrogen) atoms. The van der Waals surface area contributed by atoms with Crippen LogP contribution in [0, 0.1) is 15.9 Å². The quantitative estimate of drug-likeness (QED) is 0.483. The number of aldehydes is 1. The Balaban J connectivity index is 2.93. The topological polar surface area (TPSA) is 26.3 Å². The molecule has 0 saturated carbocycles. The van der Waals surface area contributed by atoms with E-state index in [0.29, 0.717) is 11.3 Å². The van der Waals surface area contributed by atoms with E-state index in [9.17, 15) is 4.79 Å². The second-order valence-corrected chi connectivity index (χ2v) is 3.54. The molecule has 0 radical (unpaired) electrons. The molecule has 0 N–H and O–H groups in total. The van der Waals surface area contributed by atoms with Crippen LogP contribution in [0.5, 0.6) is 5.75 Å². The van der Waals surface area contributed by atoms with Crippen molar-refractivity contribution >= 4 is 28.9 Å². The summed E-state index contributed by atoms with van der Waals surface area (Å²) in [6.07, 6.45) is 5.79. The molecule has 3 heteroatoms. The van der Waals surface area contributed by atoms with E-state index >= 15 is 0 Å². The molecule has 1 rings (SSSR count). The van der Waals surface area contributed by atoms with Gasteiger partial charge in [0.05, 0.1) is 5.56 Å². The smallest absolute Gasteiger partial charge is 0.153 e. The molecular formula is C10H7IO2. The van der Waals surface area contributed by atoms with Gasteiger partial charge in [-0.15, -0.1) is 6.42 Å². The SMILES string of the molecule is C#CCOc1ccc(I)cc1C=O. The summed E-state index contributed by atoms with van der Waals surface area (Å²) < 4.78 is 6.15. The Morgan fingerprint density at radius 3 is 3.00 bits per heavy atom. The van der Waals surface area contributed by atoms with Crippen LogP contribution >= 0.6 is 22.6 Å². The summed E-state index contributed by atoms with van der Waals surface area (Å²) >= 11 is 2.13. The van der Waals surface area contributed by atoms with E-state index < -0.39 is 0 Å². The van der Waals surface area contributed by atoms with Crippen LogP contribution in [0.1, 0.15) is 10.4 Å². The van der Waals surface area contributed by atoms with Gasteiger partial charge in [0.25, 0.3) is 0 Å². The van der Waals surface area contributed by atoms with Crippen molar-refractivity contribution in [3.05, 3.63) is 27.3 Å². The molecule has 2 nitrogen and oxygen atoms in total. The van der Waals surface area contributed by atoms with Crippen molar-refractivity contribution in [2.75, 3.05) is 6.61 Å². The Hall–Kier alpha value is -1.02. The first-order valence-corrected chi connectivity index (χ1v) is 4.67. The number of carbonyl (C=O) groups is 1. The highest BCUT2D eigenvalue weighted by atomic mass is 127. The largest absolute Gasteiger partial charge is 0.480 e. The molecule has 0 heterocycles. The molecule has 0 aliphatic carbocycles. The van der Waals surface area contributed by atoms with E-state index in [2.05, 4.69) is 28.5 Å². The summed E-state index contributed by atoms with van der Waals surface area (Å²) in [4.78, 5) is 10.6. The Kier molecular flexibility index (Phi) is 3.77. The Morgan fingerprint density at radius 1 is 1.62 bits per heavy atom. The lowest BCUT2D eigenvalue weighted by atomic mass is 10.2. The highest BCUT2D eigenvalue weighted by molar-refractivity contribution is 14.1. The zero-order valence-corrected chi connectivity index (χ0v) is 8.95. The molecule has 0 aliphatic heterocycles. The third-order valence-electron chi connectivity index (χ3n) is 1.41. The number of rotatable bonds is 3. The van der Waals surface area contributed by atoms with Crippen LogP contribution in [0.2, 0.25) is 0 Å². The van der Waals surface area contributed by atoms with E-state index in [1.165, 1.54) is 0 Å². The fraction of sp³-hybridized carbons (Fsp3) is 0.100. The van der Waals surface area contributed by atoms with E-state index in [4.69, 9.17) is 11.2 Å². The standard InChI is InChI=1S/C10H7IO2/c1-2-5-13-10-4-3-9(11)6-8(10)7-12/h1,3-4,6-7H,5H2. The third kappa shape index (κ3) is 2.74. The molecule has 0 aromatic heterocycles. The monoisotopic (exact) mass is 286 g/mol. The Labute approximate surface area is 90.4 Å². The van der Waals surface area contributed by atoms with Gasteiger partial charge in [-0.2, -0.15) is 0 Å². The van der Waals surface area contributed by atoms with Crippen LogP contribution in [0.15, 0.2) is 18.2 Å². The van der Waals surface area contributed by atoms with Crippen LogP contribution < -0.4 is 4.74 Å². The molecule has 0 spiro atoms. The highest BCUT2D eigenvalue weighted by Crippen LogP contribution is 2.19. The number of terminal acetylenes is 1. The Bertz CT molecular complexity index is 352. The van der Waals surface area contributed by atoms with E-state index in [1.54, 1.807) is 12.1 Å². The predicted octanol–water partition coefficient (Wildman–Crippen LogP) is 2.12. The molecule has 0 amide bonds. The average molecular weight is 286 g/mol. The molecule has 1 aromatic carbocycles. The van der Waals surface area contributed by atoms with Gasteiger partial charge in [0.1, 0.15) is 12.4 Å². The van der Waals surface area contributed by atoms with Crippen LogP contribution in [0.4, 0.5) is 0 Å². The van der Waals surface area contributed by atoms with Gasteiger partial charge in [0.15, 0.2) is 6.29 Å². The highest BCUT2D eigenvalue weighted by Gasteiger charge is 2.02. The van der Waals surface area contributed by atoms with Gasteiger partial charge < -0.3 is 4.74 Å². The lowest BCUT2D eigenvalue weighted by molar-refractivity contribution is 0.112.